The molecule has 1 rings (SSSR count). The smallest absolute Gasteiger partial charge is 0.323 e. The number of carbonyl (C=O) groups excluding carboxylic acids is 1. The van der Waals surface area contributed by atoms with E-state index in [0.29, 0.717) is 18.7 Å². The summed E-state index contributed by atoms with van der Waals surface area (Å²) in [6, 6.07) is 5.24. The molecule has 0 aromatic heterocycles. The van der Waals surface area contributed by atoms with Crippen molar-refractivity contribution in [3.05, 3.63) is 23.8 Å². The van der Waals surface area contributed by atoms with Crippen molar-refractivity contribution in [2.24, 2.45) is 0 Å². The van der Waals surface area contributed by atoms with Gasteiger partial charge in [-0.1, -0.05) is 6.92 Å². The molecule has 1 aromatic carbocycles. The number of aryl methyl sites for hydroxylation is 1. The maximum atomic E-state index is 12.0. The van der Waals surface area contributed by atoms with Crippen molar-refractivity contribution in [3.8, 4) is 11.5 Å². The molecule has 0 heterocycles. The molecule has 0 radical (unpaired) electrons. The van der Waals surface area contributed by atoms with E-state index >= 15 is 0 Å². The molecule has 0 unspecified atom stereocenters. The number of methoxy groups -OCH3 is 1. The molecule has 0 atom stereocenters. The first-order valence-electron chi connectivity index (χ1n) is 6.75. The van der Waals surface area contributed by atoms with Gasteiger partial charge in [0.2, 0.25) is 0 Å². The van der Waals surface area contributed by atoms with E-state index in [2.05, 4.69) is 0 Å². The summed E-state index contributed by atoms with van der Waals surface area (Å²) in [5.41, 5.74) is 0.901. The Bertz CT molecular complexity index is 501. The van der Waals surface area contributed by atoms with Gasteiger partial charge in [-0.3, -0.25) is 9.59 Å². The van der Waals surface area contributed by atoms with Gasteiger partial charge in [-0.2, -0.15) is 0 Å². The summed E-state index contributed by atoms with van der Waals surface area (Å²) >= 11 is 0. The quantitative estimate of drug-likeness (QED) is 0.790. The molecule has 0 aliphatic rings. The Balaban J connectivity index is 2.61. The van der Waals surface area contributed by atoms with Gasteiger partial charge in [0.15, 0.2) is 6.61 Å². The average Bonchev–Trinajstić information content (AvgIpc) is 2.44. The number of aliphatic carboxylic acids is 1. The topological polar surface area (TPSA) is 76.1 Å². The highest BCUT2D eigenvalue weighted by atomic mass is 16.5. The van der Waals surface area contributed by atoms with Crippen LogP contribution >= 0.6 is 0 Å². The number of hydrogen-bond acceptors (Lipinski definition) is 4. The summed E-state index contributed by atoms with van der Waals surface area (Å²) in [6.07, 6.45) is 0.695. The van der Waals surface area contributed by atoms with Crippen LogP contribution in [0.3, 0.4) is 0 Å². The van der Waals surface area contributed by atoms with Crippen LogP contribution in [-0.2, 0) is 9.59 Å². The van der Waals surface area contributed by atoms with E-state index in [0.717, 1.165) is 11.3 Å². The normalized spacial score (nSPS) is 10.0. The minimum atomic E-state index is -1.03. The number of carboxylic acid groups (broad SMARTS) is 1. The lowest BCUT2D eigenvalue weighted by atomic mass is 10.2. The van der Waals surface area contributed by atoms with Crippen molar-refractivity contribution < 1.29 is 24.2 Å². The van der Waals surface area contributed by atoms with Crippen LogP contribution in [0.1, 0.15) is 18.9 Å². The summed E-state index contributed by atoms with van der Waals surface area (Å²) in [7, 11) is 1.58. The van der Waals surface area contributed by atoms with Gasteiger partial charge in [0.05, 0.1) is 7.11 Å². The highest BCUT2D eigenvalue weighted by Gasteiger charge is 2.16. The van der Waals surface area contributed by atoms with Crippen molar-refractivity contribution in [1.82, 2.24) is 4.90 Å². The summed E-state index contributed by atoms with van der Waals surface area (Å²) < 4.78 is 10.6. The molecule has 116 valence electrons. The van der Waals surface area contributed by atoms with Crippen molar-refractivity contribution in [1.29, 1.82) is 0 Å². The number of carboxylic acids is 1. The second kappa shape index (κ2) is 8.14. The third kappa shape index (κ3) is 5.33. The third-order valence-corrected chi connectivity index (χ3v) is 2.90. The average molecular weight is 295 g/mol. The van der Waals surface area contributed by atoms with Gasteiger partial charge in [0, 0.05) is 6.54 Å². The minimum Gasteiger partial charge on any atom is -0.496 e. The Labute approximate surface area is 124 Å². The first kappa shape index (κ1) is 16.8. The number of amides is 1. The number of benzene rings is 1. The fraction of sp³-hybridized carbons (Fsp3) is 0.467. The molecule has 1 amide bonds. The van der Waals surface area contributed by atoms with E-state index in [9.17, 15) is 9.59 Å². The fourth-order valence-electron chi connectivity index (χ4n) is 1.90. The van der Waals surface area contributed by atoms with E-state index in [4.69, 9.17) is 14.6 Å². The molecule has 6 heteroatoms. The molecule has 6 nitrogen and oxygen atoms in total. The molecule has 0 saturated heterocycles. The maximum absolute atomic E-state index is 12.0. The molecule has 0 bridgehead atoms. The molecular formula is C15H21NO5. The van der Waals surface area contributed by atoms with Crippen LogP contribution in [0.4, 0.5) is 0 Å². The lowest BCUT2D eigenvalue weighted by molar-refractivity contribution is -0.145. The van der Waals surface area contributed by atoms with E-state index in [1.54, 1.807) is 25.3 Å². The fourth-order valence-corrected chi connectivity index (χ4v) is 1.90. The van der Waals surface area contributed by atoms with Crippen LogP contribution in [0, 0.1) is 6.92 Å². The molecule has 1 aromatic rings. The molecule has 0 saturated carbocycles. The number of carbonyl (C=O) groups is 2. The molecule has 0 aliphatic heterocycles. The van der Waals surface area contributed by atoms with Crippen LogP contribution in [-0.4, -0.2) is 48.7 Å². The summed E-state index contributed by atoms with van der Waals surface area (Å²) in [5, 5.41) is 8.79. The van der Waals surface area contributed by atoms with Gasteiger partial charge in [0.25, 0.3) is 5.91 Å². The number of rotatable bonds is 8. The van der Waals surface area contributed by atoms with Crippen molar-refractivity contribution in [2.75, 3.05) is 26.8 Å². The van der Waals surface area contributed by atoms with Gasteiger partial charge in [0.1, 0.15) is 18.0 Å². The molecular weight excluding hydrogens is 274 g/mol. The zero-order chi connectivity index (χ0) is 15.8. The third-order valence-electron chi connectivity index (χ3n) is 2.90. The summed E-state index contributed by atoms with van der Waals surface area (Å²) in [4.78, 5) is 24.0. The van der Waals surface area contributed by atoms with Gasteiger partial charge in [-0.15, -0.1) is 0 Å². The number of ether oxygens (including phenoxy) is 2. The zero-order valence-electron chi connectivity index (χ0n) is 12.6. The largest absolute Gasteiger partial charge is 0.496 e. The van der Waals surface area contributed by atoms with Crippen molar-refractivity contribution in [2.45, 2.75) is 20.3 Å². The second-order valence-corrected chi connectivity index (χ2v) is 4.63. The standard InChI is InChI=1S/C15H21NO5/c1-4-7-16(9-15(18)19)14(17)10-21-12-5-6-13(20-3)11(2)8-12/h5-6,8H,4,7,9-10H2,1-3H3,(H,18,19). The predicted molar refractivity (Wildman–Crippen MR) is 77.7 cm³/mol. The van der Waals surface area contributed by atoms with Crippen molar-refractivity contribution in [3.63, 3.8) is 0 Å². The Morgan fingerprint density at radius 1 is 1.33 bits per heavy atom. The summed E-state index contributed by atoms with van der Waals surface area (Å²) in [6.45, 7) is 3.67. The van der Waals surface area contributed by atoms with Crippen LogP contribution in [0.2, 0.25) is 0 Å². The molecule has 0 fully saturated rings. The SMILES string of the molecule is CCCN(CC(=O)O)C(=O)COc1ccc(OC)c(C)c1. The lowest BCUT2D eigenvalue weighted by Crippen LogP contribution is -2.39. The first-order chi connectivity index (χ1) is 9.97. The Kier molecular flexibility index (Phi) is 6.52. The second-order valence-electron chi connectivity index (χ2n) is 4.63. The molecule has 0 aliphatic carbocycles. The highest BCUT2D eigenvalue weighted by molar-refractivity contribution is 5.82. The van der Waals surface area contributed by atoms with Crippen LogP contribution in [0.25, 0.3) is 0 Å². The van der Waals surface area contributed by atoms with Crippen LogP contribution in [0.15, 0.2) is 18.2 Å². The Morgan fingerprint density at radius 3 is 2.57 bits per heavy atom. The Hall–Kier alpha value is -2.24. The van der Waals surface area contributed by atoms with Gasteiger partial charge < -0.3 is 19.5 Å². The van der Waals surface area contributed by atoms with E-state index in [1.165, 1.54) is 4.90 Å². The minimum absolute atomic E-state index is 0.181. The maximum Gasteiger partial charge on any atom is 0.323 e. The monoisotopic (exact) mass is 295 g/mol. The highest BCUT2D eigenvalue weighted by Crippen LogP contribution is 2.22. The molecule has 1 N–H and O–H groups in total. The Morgan fingerprint density at radius 2 is 2.05 bits per heavy atom. The van der Waals surface area contributed by atoms with Gasteiger partial charge in [-0.25, -0.2) is 0 Å². The number of nitrogens with zero attached hydrogens (tertiary/aromatic N) is 1. The van der Waals surface area contributed by atoms with Crippen molar-refractivity contribution >= 4 is 11.9 Å². The van der Waals surface area contributed by atoms with Gasteiger partial charge >= 0.3 is 5.97 Å². The lowest BCUT2D eigenvalue weighted by Gasteiger charge is -2.20. The van der Waals surface area contributed by atoms with Crippen LogP contribution in [0.5, 0.6) is 11.5 Å². The molecule has 0 spiro atoms. The predicted octanol–water partition coefficient (Wildman–Crippen LogP) is 1.71. The van der Waals surface area contributed by atoms with E-state index < -0.39 is 5.97 Å². The van der Waals surface area contributed by atoms with E-state index in [-0.39, 0.29) is 19.1 Å². The summed E-state index contributed by atoms with van der Waals surface area (Å²) in [5.74, 6) is -0.0783. The van der Waals surface area contributed by atoms with Crippen LogP contribution < -0.4 is 9.47 Å². The zero-order valence-corrected chi connectivity index (χ0v) is 12.6. The molecule has 21 heavy (non-hydrogen) atoms. The number of hydrogen-bond donors (Lipinski definition) is 1. The van der Waals surface area contributed by atoms with E-state index in [1.807, 2.05) is 13.8 Å². The first-order valence-corrected chi connectivity index (χ1v) is 6.75. The van der Waals surface area contributed by atoms with Gasteiger partial charge in [-0.05, 0) is 37.1 Å².